The fourth-order valence-electron chi connectivity index (χ4n) is 5.75. The Balaban J connectivity index is 1.75. The Morgan fingerprint density at radius 2 is 2.00 bits per heavy atom. The number of esters is 1. The van der Waals surface area contributed by atoms with Crippen LogP contribution in [0.15, 0.2) is 24.3 Å². The molecule has 1 aliphatic carbocycles. The third-order valence-corrected chi connectivity index (χ3v) is 7.63. The number of carbonyl (C=O) groups is 2. The maximum absolute atomic E-state index is 13.4. The number of methoxy groups -OCH3 is 1. The Hall–Kier alpha value is -3.98. The quantitative estimate of drug-likeness (QED) is 0.207. The smallest absolute Gasteiger partial charge is 0.410 e. The predicted octanol–water partition coefficient (Wildman–Crippen LogP) is 4.37. The molecule has 0 spiro atoms. The molecule has 1 aliphatic heterocycles. The van der Waals surface area contributed by atoms with Gasteiger partial charge in [-0.25, -0.2) is 9.78 Å². The van der Waals surface area contributed by atoms with E-state index in [4.69, 9.17) is 21.1 Å². The van der Waals surface area contributed by atoms with Crippen molar-refractivity contribution in [1.29, 1.82) is 5.26 Å². The number of nitro groups is 1. The highest BCUT2D eigenvalue weighted by molar-refractivity contribution is 6.28. The number of fused-ring (bicyclic) bond motifs is 1. The van der Waals surface area contributed by atoms with Crippen LogP contribution >= 0.6 is 11.6 Å². The highest BCUT2D eigenvalue weighted by atomic mass is 35.5. The molecule has 1 aromatic heterocycles. The van der Waals surface area contributed by atoms with E-state index in [9.17, 15) is 25.0 Å². The lowest BCUT2D eigenvalue weighted by Crippen LogP contribution is -2.56. The highest BCUT2D eigenvalue weighted by Gasteiger charge is 2.47. The molecule has 218 valence electrons. The highest BCUT2D eigenvalue weighted by Crippen LogP contribution is 2.43. The van der Waals surface area contributed by atoms with Gasteiger partial charge in [-0.15, -0.1) is 0 Å². The van der Waals surface area contributed by atoms with Crippen LogP contribution in [0.3, 0.4) is 0 Å². The van der Waals surface area contributed by atoms with Crippen molar-refractivity contribution in [2.45, 2.75) is 69.9 Å². The van der Waals surface area contributed by atoms with E-state index in [2.05, 4.69) is 16.0 Å². The first-order chi connectivity index (χ1) is 19.4. The second kappa shape index (κ2) is 11.9. The molecule has 0 bridgehead atoms. The lowest BCUT2D eigenvalue weighted by Gasteiger charge is -2.41. The number of nitriles is 1. The number of anilines is 1. The average Bonchev–Trinajstić information content (AvgIpc) is 2.91. The van der Waals surface area contributed by atoms with Gasteiger partial charge in [-0.3, -0.25) is 14.9 Å². The van der Waals surface area contributed by atoms with Gasteiger partial charge in [-0.1, -0.05) is 24.3 Å². The van der Waals surface area contributed by atoms with E-state index in [-0.39, 0.29) is 55.0 Å². The number of aryl methyl sites for hydroxylation is 1. The average molecular weight is 585 g/mol. The van der Waals surface area contributed by atoms with Crippen LogP contribution in [0.2, 0.25) is 5.28 Å². The SMILES string of the molecule is COC(=O)[C@@]1(Cc2nc(Cl)nc(N3CCN(C(=O)OC(C)(C)C)[C@@H](CC#N)C3)c2[N+](=O)[O-])CCCc2ccccc21. The molecule has 0 N–H and O–H groups in total. The Labute approximate surface area is 243 Å². The minimum atomic E-state index is -1.19. The molecule has 1 saturated heterocycles. The minimum absolute atomic E-state index is 0.0125. The van der Waals surface area contributed by atoms with Crippen LogP contribution in [0.25, 0.3) is 0 Å². The lowest BCUT2D eigenvalue weighted by molar-refractivity contribution is -0.385. The molecule has 0 saturated carbocycles. The van der Waals surface area contributed by atoms with Crippen LogP contribution < -0.4 is 4.90 Å². The summed E-state index contributed by atoms with van der Waals surface area (Å²) in [5.41, 5.74) is -0.552. The second-order valence-corrected chi connectivity index (χ2v) is 11.6. The normalized spacial score (nSPS) is 20.5. The molecule has 12 nitrogen and oxygen atoms in total. The van der Waals surface area contributed by atoms with Gasteiger partial charge >= 0.3 is 17.7 Å². The minimum Gasteiger partial charge on any atom is -0.468 e. The monoisotopic (exact) mass is 584 g/mol. The van der Waals surface area contributed by atoms with Gasteiger partial charge in [-0.05, 0) is 62.8 Å². The summed E-state index contributed by atoms with van der Waals surface area (Å²) in [4.78, 5) is 49.8. The number of hydrogen-bond acceptors (Lipinski definition) is 10. The third-order valence-electron chi connectivity index (χ3n) is 7.46. The summed E-state index contributed by atoms with van der Waals surface area (Å²) in [5, 5.41) is 21.8. The number of benzene rings is 1. The van der Waals surface area contributed by atoms with Crippen LogP contribution in [-0.2, 0) is 32.5 Å². The topological polar surface area (TPSA) is 152 Å². The summed E-state index contributed by atoms with van der Waals surface area (Å²) in [5.74, 6) is -0.531. The molecule has 13 heteroatoms. The number of hydrogen-bond donors (Lipinski definition) is 0. The lowest BCUT2D eigenvalue weighted by atomic mass is 9.67. The van der Waals surface area contributed by atoms with E-state index >= 15 is 0 Å². The van der Waals surface area contributed by atoms with Crippen molar-refractivity contribution < 1.29 is 24.0 Å². The van der Waals surface area contributed by atoms with E-state index in [1.165, 1.54) is 12.0 Å². The van der Waals surface area contributed by atoms with Gasteiger partial charge in [-0.2, -0.15) is 10.2 Å². The van der Waals surface area contributed by atoms with E-state index in [1.807, 2.05) is 24.3 Å². The van der Waals surface area contributed by atoms with Gasteiger partial charge in [0.05, 0.1) is 36.0 Å². The third kappa shape index (κ3) is 6.20. The van der Waals surface area contributed by atoms with Gasteiger partial charge in [0.25, 0.3) is 0 Å². The van der Waals surface area contributed by atoms with Crippen molar-refractivity contribution in [3.8, 4) is 6.07 Å². The van der Waals surface area contributed by atoms with Crippen LogP contribution in [0.1, 0.15) is 56.9 Å². The molecule has 1 aromatic carbocycles. The summed E-state index contributed by atoms with van der Waals surface area (Å²) < 4.78 is 10.7. The zero-order valence-electron chi connectivity index (χ0n) is 23.6. The van der Waals surface area contributed by atoms with Crippen LogP contribution in [0.4, 0.5) is 16.3 Å². The predicted molar refractivity (Wildman–Crippen MR) is 150 cm³/mol. The Kier molecular flexibility index (Phi) is 8.68. The molecular formula is C28H33ClN6O6. The molecule has 0 unspecified atom stereocenters. The molecule has 2 aliphatic rings. The summed E-state index contributed by atoms with van der Waals surface area (Å²) in [6.07, 6.45) is 1.19. The maximum Gasteiger partial charge on any atom is 0.410 e. The van der Waals surface area contributed by atoms with E-state index in [0.717, 1.165) is 17.5 Å². The van der Waals surface area contributed by atoms with Crippen LogP contribution in [-0.4, -0.2) is 70.2 Å². The van der Waals surface area contributed by atoms with Crippen molar-refractivity contribution in [2.75, 3.05) is 31.6 Å². The number of aromatic nitrogens is 2. The first kappa shape index (κ1) is 30.0. The fraction of sp³-hybridized carbons (Fsp3) is 0.536. The summed E-state index contributed by atoms with van der Waals surface area (Å²) in [7, 11) is 1.30. The van der Waals surface area contributed by atoms with Crippen molar-refractivity contribution in [1.82, 2.24) is 14.9 Å². The van der Waals surface area contributed by atoms with Crippen molar-refractivity contribution in [2.24, 2.45) is 0 Å². The molecule has 41 heavy (non-hydrogen) atoms. The van der Waals surface area contributed by atoms with E-state index in [1.54, 1.807) is 25.7 Å². The summed E-state index contributed by atoms with van der Waals surface area (Å²) in [6.45, 7) is 5.67. The van der Waals surface area contributed by atoms with Gasteiger partial charge < -0.3 is 19.3 Å². The Morgan fingerprint density at radius 1 is 1.27 bits per heavy atom. The first-order valence-electron chi connectivity index (χ1n) is 13.4. The zero-order chi connectivity index (χ0) is 29.9. The molecule has 1 amide bonds. The Bertz CT molecular complexity index is 1390. The Morgan fingerprint density at radius 3 is 2.66 bits per heavy atom. The summed E-state index contributed by atoms with van der Waals surface area (Å²) >= 11 is 6.35. The number of halogens is 1. The maximum atomic E-state index is 13.4. The second-order valence-electron chi connectivity index (χ2n) is 11.3. The van der Waals surface area contributed by atoms with Crippen molar-refractivity contribution in [3.63, 3.8) is 0 Å². The van der Waals surface area contributed by atoms with Gasteiger partial charge in [0.15, 0.2) is 0 Å². The van der Waals surface area contributed by atoms with Crippen LogP contribution in [0.5, 0.6) is 0 Å². The zero-order valence-corrected chi connectivity index (χ0v) is 24.3. The number of piperazine rings is 1. The van der Waals surface area contributed by atoms with E-state index in [0.29, 0.717) is 12.8 Å². The molecule has 2 atom stereocenters. The van der Waals surface area contributed by atoms with Gasteiger partial charge in [0, 0.05) is 26.1 Å². The molecule has 2 heterocycles. The number of rotatable bonds is 6. The molecule has 1 fully saturated rings. The summed E-state index contributed by atoms with van der Waals surface area (Å²) in [6, 6.07) is 8.99. The fourth-order valence-corrected chi connectivity index (χ4v) is 5.93. The molecule has 4 rings (SSSR count). The molecule has 2 aromatic rings. The van der Waals surface area contributed by atoms with Gasteiger partial charge in [0.2, 0.25) is 11.1 Å². The number of amides is 1. The van der Waals surface area contributed by atoms with Crippen LogP contribution in [0, 0.1) is 21.4 Å². The van der Waals surface area contributed by atoms with Gasteiger partial charge in [0.1, 0.15) is 11.3 Å². The number of ether oxygens (including phenoxy) is 2. The van der Waals surface area contributed by atoms with E-state index < -0.39 is 34.0 Å². The standard InChI is InChI=1S/C28H33ClN6O6/c1-27(2,3)41-26(37)34-15-14-33(17-19(34)11-13-30)23-22(35(38)39)21(31-25(29)32-23)16-28(24(36)40-4)12-7-9-18-8-5-6-10-20(18)28/h5-6,8,10,19H,7,9,11-12,14-17H2,1-4H3/t19-,28+/m0/s1. The van der Waals surface area contributed by atoms with Crippen molar-refractivity contribution >= 4 is 35.2 Å². The molecular weight excluding hydrogens is 552 g/mol. The first-order valence-corrected chi connectivity index (χ1v) is 13.8. The van der Waals surface area contributed by atoms with Crippen molar-refractivity contribution in [3.05, 3.63) is 56.5 Å². The number of nitrogens with zero attached hydrogens (tertiary/aromatic N) is 6. The number of carbonyl (C=O) groups excluding carboxylic acids is 2. The largest absolute Gasteiger partial charge is 0.468 e. The molecule has 0 radical (unpaired) electrons.